The summed E-state index contributed by atoms with van der Waals surface area (Å²) in [5.74, 6) is -1.74. The summed E-state index contributed by atoms with van der Waals surface area (Å²) < 4.78 is 5.92. The number of Topliss-reactive ketones (excluding diaryl/α,β-unsaturated/α-hetero) is 1. The third-order valence-corrected chi connectivity index (χ3v) is 7.68. The van der Waals surface area contributed by atoms with Crippen LogP contribution in [-0.2, 0) is 19.1 Å². The fraction of sp³-hybridized carbons (Fsp3) is 0.360. The van der Waals surface area contributed by atoms with E-state index >= 15 is 0 Å². The monoisotopic (exact) mass is 495 g/mol. The number of ketones is 1. The van der Waals surface area contributed by atoms with Gasteiger partial charge in [0.15, 0.2) is 12.4 Å². The first-order valence-electron chi connectivity index (χ1n) is 10.8. The Balaban J connectivity index is 1.22. The molecule has 0 spiro atoms. The van der Waals surface area contributed by atoms with Crippen LogP contribution in [0.3, 0.4) is 0 Å². The van der Waals surface area contributed by atoms with Gasteiger partial charge in [0.25, 0.3) is 0 Å². The van der Waals surface area contributed by atoms with E-state index in [-0.39, 0.29) is 47.2 Å². The number of nitrogens with zero attached hydrogens (tertiary/aromatic N) is 1. The lowest BCUT2D eigenvalue weighted by atomic mass is 9.73. The molecule has 0 aromatic heterocycles. The standard InChI is InChI=1S/C25H22BrNO5/c26-17-8-6-15(7-9-17)20(28)13-32-21(29)12-27-24(30)22-16-10-18(14-4-2-1-3-5-14)19(11-16)23(22)25(27)31/h1-9,16,18-19,22-23H,10-13H2. The summed E-state index contributed by atoms with van der Waals surface area (Å²) in [6.07, 6.45) is 1.78. The van der Waals surface area contributed by atoms with Crippen LogP contribution >= 0.6 is 15.9 Å². The molecule has 1 heterocycles. The predicted octanol–water partition coefficient (Wildman–Crippen LogP) is 3.60. The minimum absolute atomic E-state index is 0.129. The van der Waals surface area contributed by atoms with Crippen molar-refractivity contribution >= 4 is 39.5 Å². The van der Waals surface area contributed by atoms with Crippen molar-refractivity contribution < 1.29 is 23.9 Å². The molecule has 6 nitrogen and oxygen atoms in total. The Hall–Kier alpha value is -2.80. The van der Waals surface area contributed by atoms with Gasteiger partial charge in [-0.2, -0.15) is 0 Å². The smallest absolute Gasteiger partial charge is 0.326 e. The number of benzene rings is 2. The van der Waals surface area contributed by atoms with Gasteiger partial charge in [0.1, 0.15) is 6.54 Å². The molecule has 1 aliphatic heterocycles. The van der Waals surface area contributed by atoms with E-state index < -0.39 is 19.1 Å². The Morgan fingerprint density at radius 2 is 1.62 bits per heavy atom. The summed E-state index contributed by atoms with van der Waals surface area (Å²) in [5.41, 5.74) is 1.63. The Morgan fingerprint density at radius 3 is 2.34 bits per heavy atom. The normalized spacial score (nSPS) is 28.2. The molecule has 0 radical (unpaired) electrons. The fourth-order valence-corrected chi connectivity index (χ4v) is 6.06. The van der Waals surface area contributed by atoms with E-state index in [1.807, 2.05) is 18.2 Å². The zero-order valence-electron chi connectivity index (χ0n) is 17.3. The first kappa shape index (κ1) is 21.1. The van der Waals surface area contributed by atoms with Crippen LogP contribution in [0.1, 0.15) is 34.7 Å². The first-order chi connectivity index (χ1) is 15.4. The van der Waals surface area contributed by atoms with Crippen molar-refractivity contribution in [1.82, 2.24) is 4.90 Å². The lowest BCUT2D eigenvalue weighted by Gasteiger charge is -2.28. The average molecular weight is 496 g/mol. The fourth-order valence-electron chi connectivity index (χ4n) is 5.80. The third-order valence-electron chi connectivity index (χ3n) is 7.15. The minimum Gasteiger partial charge on any atom is -0.456 e. The van der Waals surface area contributed by atoms with Gasteiger partial charge in [0.05, 0.1) is 11.8 Å². The molecule has 32 heavy (non-hydrogen) atoms. The second-order valence-electron chi connectivity index (χ2n) is 8.82. The molecular weight excluding hydrogens is 474 g/mol. The molecule has 7 heteroatoms. The molecule has 3 aliphatic rings. The largest absolute Gasteiger partial charge is 0.456 e. The number of halogens is 1. The number of hydrogen-bond donors (Lipinski definition) is 0. The van der Waals surface area contributed by atoms with Crippen molar-refractivity contribution in [3.05, 3.63) is 70.2 Å². The van der Waals surface area contributed by atoms with E-state index in [0.29, 0.717) is 5.56 Å². The van der Waals surface area contributed by atoms with Crippen LogP contribution in [0.2, 0.25) is 0 Å². The van der Waals surface area contributed by atoms with Gasteiger partial charge in [-0.15, -0.1) is 0 Å². The number of rotatable bonds is 6. The van der Waals surface area contributed by atoms with Gasteiger partial charge in [-0.25, -0.2) is 0 Å². The van der Waals surface area contributed by atoms with Crippen molar-refractivity contribution in [3.8, 4) is 0 Å². The number of esters is 1. The Morgan fingerprint density at radius 1 is 0.938 bits per heavy atom. The van der Waals surface area contributed by atoms with Gasteiger partial charge in [-0.05, 0) is 48.3 Å². The highest BCUT2D eigenvalue weighted by Gasteiger charge is 2.64. The topological polar surface area (TPSA) is 80.8 Å². The molecule has 0 N–H and O–H groups in total. The third kappa shape index (κ3) is 3.58. The number of ether oxygens (including phenoxy) is 1. The average Bonchev–Trinajstić information content (AvgIpc) is 3.46. The zero-order chi connectivity index (χ0) is 22.4. The van der Waals surface area contributed by atoms with Crippen molar-refractivity contribution in [2.45, 2.75) is 18.8 Å². The number of fused-ring (bicyclic) bond motifs is 5. The van der Waals surface area contributed by atoms with Gasteiger partial charge in [0.2, 0.25) is 11.8 Å². The van der Waals surface area contributed by atoms with E-state index in [2.05, 4.69) is 28.1 Å². The number of carbonyl (C=O) groups excluding carboxylic acids is 4. The number of carbonyl (C=O) groups is 4. The van der Waals surface area contributed by atoms with Gasteiger partial charge >= 0.3 is 5.97 Å². The van der Waals surface area contributed by atoms with Gasteiger partial charge < -0.3 is 4.74 Å². The van der Waals surface area contributed by atoms with E-state index in [0.717, 1.165) is 22.2 Å². The van der Waals surface area contributed by atoms with E-state index in [4.69, 9.17) is 4.74 Å². The lowest BCUT2D eigenvalue weighted by Crippen LogP contribution is -2.38. The van der Waals surface area contributed by atoms with Crippen LogP contribution in [0, 0.1) is 23.7 Å². The highest BCUT2D eigenvalue weighted by Crippen LogP contribution is 2.61. The molecule has 5 rings (SSSR count). The Kier molecular flexibility index (Phi) is 5.45. The predicted molar refractivity (Wildman–Crippen MR) is 119 cm³/mol. The van der Waals surface area contributed by atoms with Crippen molar-refractivity contribution in [3.63, 3.8) is 0 Å². The van der Waals surface area contributed by atoms with Crippen LogP contribution in [0.25, 0.3) is 0 Å². The van der Waals surface area contributed by atoms with Crippen LogP contribution in [0.15, 0.2) is 59.1 Å². The molecule has 3 fully saturated rings. The molecule has 2 aromatic rings. The summed E-state index contributed by atoms with van der Waals surface area (Å²) in [4.78, 5) is 51.7. The zero-order valence-corrected chi connectivity index (χ0v) is 18.9. The second-order valence-corrected chi connectivity index (χ2v) is 9.73. The number of amides is 2. The van der Waals surface area contributed by atoms with E-state index in [1.54, 1.807) is 24.3 Å². The maximum absolute atomic E-state index is 13.1. The summed E-state index contributed by atoms with van der Waals surface area (Å²) in [6, 6.07) is 16.9. The Labute approximate surface area is 194 Å². The highest BCUT2D eigenvalue weighted by atomic mass is 79.9. The van der Waals surface area contributed by atoms with Crippen molar-refractivity contribution in [2.24, 2.45) is 23.7 Å². The first-order valence-corrected chi connectivity index (χ1v) is 11.6. The van der Waals surface area contributed by atoms with Crippen molar-refractivity contribution in [2.75, 3.05) is 13.2 Å². The van der Waals surface area contributed by atoms with Crippen molar-refractivity contribution in [1.29, 1.82) is 0 Å². The molecule has 2 bridgehead atoms. The van der Waals surface area contributed by atoms with E-state index in [9.17, 15) is 19.2 Å². The molecular formula is C25H22BrNO5. The van der Waals surface area contributed by atoms with E-state index in [1.165, 1.54) is 5.56 Å². The number of imide groups is 1. The maximum atomic E-state index is 13.1. The molecule has 164 valence electrons. The van der Waals surface area contributed by atoms with Gasteiger partial charge in [0, 0.05) is 10.0 Å². The van der Waals surface area contributed by atoms with Crippen LogP contribution < -0.4 is 0 Å². The number of likely N-dealkylation sites (tertiary alicyclic amines) is 1. The van der Waals surface area contributed by atoms with Crippen LogP contribution in [0.4, 0.5) is 0 Å². The molecule has 2 amide bonds. The van der Waals surface area contributed by atoms with Gasteiger partial charge in [-0.1, -0.05) is 58.4 Å². The summed E-state index contributed by atoms with van der Waals surface area (Å²) in [5, 5.41) is 0. The van der Waals surface area contributed by atoms with Gasteiger partial charge in [-0.3, -0.25) is 24.1 Å². The summed E-state index contributed by atoms with van der Waals surface area (Å²) in [7, 11) is 0. The summed E-state index contributed by atoms with van der Waals surface area (Å²) >= 11 is 3.30. The molecule has 1 saturated heterocycles. The molecule has 2 aromatic carbocycles. The van der Waals surface area contributed by atoms with Crippen LogP contribution in [0.5, 0.6) is 0 Å². The Bertz CT molecular complexity index is 1080. The molecule has 2 aliphatic carbocycles. The molecule has 5 atom stereocenters. The summed E-state index contributed by atoms with van der Waals surface area (Å²) in [6.45, 7) is -0.862. The number of hydrogen-bond acceptors (Lipinski definition) is 5. The maximum Gasteiger partial charge on any atom is 0.326 e. The quantitative estimate of drug-likeness (QED) is 0.347. The second kappa shape index (κ2) is 8.28. The van der Waals surface area contributed by atoms with Crippen LogP contribution in [-0.4, -0.2) is 41.6 Å². The SMILES string of the molecule is O=C(CN1C(=O)C2C3CC(c4ccccc4)C(C3)C2C1=O)OCC(=O)c1ccc(Br)cc1. The minimum atomic E-state index is -0.746. The highest BCUT2D eigenvalue weighted by molar-refractivity contribution is 9.10. The molecule has 2 saturated carbocycles. The molecule has 5 unspecified atom stereocenters. The lowest BCUT2D eigenvalue weighted by molar-refractivity contribution is -0.152.